The molecular formula is C9H15N3O2S. The van der Waals surface area contributed by atoms with Crippen molar-refractivity contribution < 1.29 is 9.47 Å². The average Bonchev–Trinajstić information content (AvgIpc) is 2.59. The molecule has 1 aliphatic heterocycles. The molecule has 15 heavy (non-hydrogen) atoms. The molecule has 0 spiro atoms. The van der Waals surface area contributed by atoms with E-state index < -0.39 is 0 Å². The maximum Gasteiger partial charge on any atom is 0.197 e. The number of nitrogen functional groups attached to an aromatic ring is 1. The first-order valence-corrected chi connectivity index (χ1v) is 5.65. The van der Waals surface area contributed by atoms with Gasteiger partial charge in [0.25, 0.3) is 0 Å². The fraction of sp³-hybridized carbons (Fsp3) is 0.667. The van der Waals surface area contributed by atoms with Crippen LogP contribution in [0, 0.1) is 0 Å². The second kappa shape index (κ2) is 4.24. The van der Waals surface area contributed by atoms with Crippen molar-refractivity contribution in [2.45, 2.75) is 13.0 Å². The number of morpholine rings is 1. The molecule has 1 aliphatic rings. The van der Waals surface area contributed by atoms with E-state index in [0.29, 0.717) is 11.6 Å². The summed E-state index contributed by atoms with van der Waals surface area (Å²) < 4.78 is 14.8. The lowest BCUT2D eigenvalue weighted by atomic mass is 10.3. The third-order valence-electron chi connectivity index (χ3n) is 2.39. The lowest BCUT2D eigenvalue weighted by Crippen LogP contribution is -2.40. The van der Waals surface area contributed by atoms with Gasteiger partial charge in [0.2, 0.25) is 0 Å². The number of aromatic nitrogens is 1. The lowest BCUT2D eigenvalue weighted by Gasteiger charge is -2.31. The van der Waals surface area contributed by atoms with Crippen LogP contribution in [0.4, 0.5) is 10.8 Å². The third-order valence-corrected chi connectivity index (χ3v) is 3.29. The molecule has 1 fully saturated rings. The summed E-state index contributed by atoms with van der Waals surface area (Å²) >= 11 is 1.38. The summed E-state index contributed by atoms with van der Waals surface area (Å²) in [6.45, 7) is 4.52. The highest BCUT2D eigenvalue weighted by Gasteiger charge is 2.23. The molecule has 0 bridgehead atoms. The zero-order chi connectivity index (χ0) is 10.8. The van der Waals surface area contributed by atoms with Gasteiger partial charge in [0.05, 0.1) is 19.8 Å². The van der Waals surface area contributed by atoms with E-state index in [4.69, 9.17) is 15.2 Å². The first kappa shape index (κ1) is 10.5. The summed E-state index contributed by atoms with van der Waals surface area (Å²) in [6.07, 6.45) is 0.242. The molecule has 1 atom stereocenters. The number of methoxy groups -OCH3 is 1. The molecule has 0 aromatic carbocycles. The molecule has 1 unspecified atom stereocenters. The standard InChI is InChI=1S/C9H15N3O2S/c1-6-5-12(3-4-14-6)9-7(13-2)8(10)11-15-9/h6H,3-5H2,1-2H3,(H2,10,11). The predicted octanol–water partition coefficient (Wildman–Crippen LogP) is 0.959. The number of hydrogen-bond donors (Lipinski definition) is 1. The zero-order valence-corrected chi connectivity index (χ0v) is 9.71. The van der Waals surface area contributed by atoms with Crippen LogP contribution in [0.15, 0.2) is 0 Å². The van der Waals surface area contributed by atoms with Crippen LogP contribution in [-0.2, 0) is 4.74 Å². The Bertz CT molecular complexity index is 342. The van der Waals surface area contributed by atoms with Crippen LogP contribution in [0.3, 0.4) is 0 Å². The van der Waals surface area contributed by atoms with Gasteiger partial charge in [0, 0.05) is 13.1 Å². The Morgan fingerprint density at radius 2 is 2.47 bits per heavy atom. The molecule has 1 saturated heterocycles. The van der Waals surface area contributed by atoms with Crippen LogP contribution in [0.1, 0.15) is 6.92 Å². The normalized spacial score (nSPS) is 21.7. The van der Waals surface area contributed by atoms with Gasteiger partial charge >= 0.3 is 0 Å². The van der Waals surface area contributed by atoms with Crippen LogP contribution >= 0.6 is 11.5 Å². The first-order valence-electron chi connectivity index (χ1n) is 4.88. The highest BCUT2D eigenvalue weighted by Crippen LogP contribution is 2.38. The van der Waals surface area contributed by atoms with Crippen molar-refractivity contribution in [2.75, 3.05) is 37.4 Å². The summed E-state index contributed by atoms with van der Waals surface area (Å²) in [7, 11) is 1.62. The molecule has 0 amide bonds. The molecule has 5 nitrogen and oxygen atoms in total. The predicted molar refractivity (Wildman–Crippen MR) is 60.7 cm³/mol. The summed E-state index contributed by atoms with van der Waals surface area (Å²) in [5.41, 5.74) is 5.71. The number of anilines is 2. The fourth-order valence-electron chi connectivity index (χ4n) is 1.68. The van der Waals surface area contributed by atoms with Gasteiger partial charge in [-0.15, -0.1) is 0 Å². The minimum absolute atomic E-state index is 0.242. The van der Waals surface area contributed by atoms with E-state index in [0.717, 1.165) is 24.7 Å². The minimum Gasteiger partial charge on any atom is -0.490 e. The van der Waals surface area contributed by atoms with Crippen LogP contribution in [0.2, 0.25) is 0 Å². The van der Waals surface area contributed by atoms with Gasteiger partial charge in [-0.1, -0.05) is 0 Å². The molecule has 2 rings (SSSR count). The SMILES string of the molecule is COc1c(N)nsc1N1CCOC(C)C1. The molecule has 2 N–H and O–H groups in total. The second-order valence-corrected chi connectivity index (χ2v) is 4.29. The van der Waals surface area contributed by atoms with Crippen molar-refractivity contribution in [3.05, 3.63) is 0 Å². The number of ether oxygens (including phenoxy) is 2. The van der Waals surface area contributed by atoms with Crippen molar-refractivity contribution in [3.8, 4) is 5.75 Å². The largest absolute Gasteiger partial charge is 0.490 e. The Kier molecular flexibility index (Phi) is 2.97. The van der Waals surface area contributed by atoms with Gasteiger partial charge in [0.15, 0.2) is 16.6 Å². The van der Waals surface area contributed by atoms with Crippen molar-refractivity contribution in [3.63, 3.8) is 0 Å². The molecule has 1 aromatic rings. The van der Waals surface area contributed by atoms with Crippen molar-refractivity contribution >= 4 is 22.4 Å². The smallest absolute Gasteiger partial charge is 0.197 e. The summed E-state index contributed by atoms with van der Waals surface area (Å²) in [5, 5.41) is 1.00. The molecule has 84 valence electrons. The summed E-state index contributed by atoms with van der Waals surface area (Å²) in [6, 6.07) is 0. The Morgan fingerprint density at radius 3 is 3.13 bits per heavy atom. The maximum atomic E-state index is 5.71. The molecule has 0 aliphatic carbocycles. The van der Waals surface area contributed by atoms with E-state index in [1.54, 1.807) is 7.11 Å². The lowest BCUT2D eigenvalue weighted by molar-refractivity contribution is 0.0533. The molecule has 1 aromatic heterocycles. The van der Waals surface area contributed by atoms with Gasteiger partial charge in [-0.3, -0.25) is 0 Å². The quantitative estimate of drug-likeness (QED) is 0.818. The van der Waals surface area contributed by atoms with Crippen molar-refractivity contribution in [1.29, 1.82) is 0 Å². The van der Waals surface area contributed by atoms with E-state index in [2.05, 4.69) is 16.2 Å². The van der Waals surface area contributed by atoms with Crippen molar-refractivity contribution in [1.82, 2.24) is 4.37 Å². The van der Waals surface area contributed by atoms with E-state index in [9.17, 15) is 0 Å². The number of hydrogen-bond acceptors (Lipinski definition) is 6. The Hall–Kier alpha value is -1.01. The molecule has 2 heterocycles. The van der Waals surface area contributed by atoms with Gasteiger partial charge in [-0.2, -0.15) is 4.37 Å². The first-order chi connectivity index (χ1) is 7.22. The third kappa shape index (κ3) is 2.00. The zero-order valence-electron chi connectivity index (χ0n) is 8.90. The Labute approximate surface area is 92.9 Å². The van der Waals surface area contributed by atoms with E-state index in [1.165, 1.54) is 11.5 Å². The van der Waals surface area contributed by atoms with Gasteiger partial charge in [-0.25, -0.2) is 0 Å². The monoisotopic (exact) mass is 229 g/mol. The van der Waals surface area contributed by atoms with Crippen LogP contribution in [-0.4, -0.2) is 37.3 Å². The molecule has 0 saturated carbocycles. The highest BCUT2D eigenvalue weighted by molar-refractivity contribution is 7.11. The van der Waals surface area contributed by atoms with E-state index in [-0.39, 0.29) is 6.10 Å². The molecular weight excluding hydrogens is 214 g/mol. The minimum atomic E-state index is 0.242. The molecule has 0 radical (unpaired) electrons. The van der Waals surface area contributed by atoms with Crippen LogP contribution in [0.25, 0.3) is 0 Å². The topological polar surface area (TPSA) is 60.6 Å². The van der Waals surface area contributed by atoms with E-state index >= 15 is 0 Å². The van der Waals surface area contributed by atoms with Gasteiger partial charge in [0.1, 0.15) is 0 Å². The second-order valence-electron chi connectivity index (χ2n) is 3.53. The average molecular weight is 229 g/mol. The Morgan fingerprint density at radius 1 is 1.67 bits per heavy atom. The maximum absolute atomic E-state index is 5.71. The van der Waals surface area contributed by atoms with Gasteiger partial charge < -0.3 is 20.1 Å². The van der Waals surface area contributed by atoms with Crippen LogP contribution < -0.4 is 15.4 Å². The number of nitrogens with two attached hydrogens (primary N) is 1. The fourth-order valence-corrected chi connectivity index (χ4v) is 2.50. The molecule has 6 heteroatoms. The summed E-state index contributed by atoms with van der Waals surface area (Å²) in [4.78, 5) is 2.21. The van der Waals surface area contributed by atoms with Crippen molar-refractivity contribution in [2.24, 2.45) is 0 Å². The van der Waals surface area contributed by atoms with E-state index in [1.807, 2.05) is 0 Å². The van der Waals surface area contributed by atoms with Crippen LogP contribution in [0.5, 0.6) is 5.75 Å². The number of rotatable bonds is 2. The highest BCUT2D eigenvalue weighted by atomic mass is 32.1. The van der Waals surface area contributed by atoms with Gasteiger partial charge in [-0.05, 0) is 18.5 Å². The summed E-state index contributed by atoms with van der Waals surface area (Å²) in [5.74, 6) is 1.16. The Balaban J connectivity index is 2.20. The number of nitrogens with zero attached hydrogens (tertiary/aromatic N) is 2.